The van der Waals surface area contributed by atoms with Gasteiger partial charge in [0.2, 0.25) is 0 Å². The van der Waals surface area contributed by atoms with E-state index in [0.717, 1.165) is 22.6 Å². The van der Waals surface area contributed by atoms with Crippen LogP contribution in [-0.4, -0.2) is 14.4 Å². The second-order valence-corrected chi connectivity index (χ2v) is 4.94. The number of nitrogens with two attached hydrogens (primary N) is 1. The summed E-state index contributed by atoms with van der Waals surface area (Å²) in [5.74, 6) is -0.252. The Bertz CT molecular complexity index is 777. The molecule has 0 fully saturated rings. The molecule has 2 N–H and O–H groups in total. The number of aromatic nitrogens is 2. The molecular weight excluding hydrogens is 273 g/mol. The molecule has 0 saturated carbocycles. The van der Waals surface area contributed by atoms with Crippen LogP contribution in [0.15, 0.2) is 48.7 Å². The molecule has 0 aliphatic rings. The van der Waals surface area contributed by atoms with Crippen LogP contribution in [0.4, 0.5) is 4.39 Å². The van der Waals surface area contributed by atoms with Crippen molar-refractivity contribution in [1.29, 1.82) is 0 Å². The first-order valence-electron chi connectivity index (χ1n) is 6.15. The quantitative estimate of drug-likeness (QED) is 0.752. The third-order valence-electron chi connectivity index (χ3n) is 3.12. The van der Waals surface area contributed by atoms with Crippen molar-refractivity contribution >= 4 is 22.9 Å². The summed E-state index contributed by atoms with van der Waals surface area (Å²) in [6, 6.07) is 12.1. The van der Waals surface area contributed by atoms with Gasteiger partial charge in [-0.15, -0.1) is 0 Å². The highest BCUT2D eigenvalue weighted by atomic mass is 32.1. The van der Waals surface area contributed by atoms with Gasteiger partial charge < -0.3 is 5.73 Å². The van der Waals surface area contributed by atoms with E-state index in [4.69, 9.17) is 18.0 Å². The minimum absolute atomic E-state index is 0.252. The SMILES string of the molecule is NC(=S)c1c(Cc2ccc(F)cc2)nc2ccccn12. The van der Waals surface area contributed by atoms with Crippen LogP contribution in [-0.2, 0) is 6.42 Å². The highest BCUT2D eigenvalue weighted by molar-refractivity contribution is 7.80. The third kappa shape index (κ3) is 2.28. The fourth-order valence-electron chi connectivity index (χ4n) is 2.22. The summed E-state index contributed by atoms with van der Waals surface area (Å²) in [5, 5.41) is 0. The topological polar surface area (TPSA) is 43.3 Å². The maximum atomic E-state index is 12.9. The number of imidazole rings is 1. The van der Waals surface area contributed by atoms with Gasteiger partial charge in [0.25, 0.3) is 0 Å². The number of rotatable bonds is 3. The predicted octanol–water partition coefficient (Wildman–Crippen LogP) is 2.70. The molecule has 0 amide bonds. The van der Waals surface area contributed by atoms with Crippen molar-refractivity contribution in [3.63, 3.8) is 0 Å². The fraction of sp³-hybridized carbons (Fsp3) is 0.0667. The number of halogens is 1. The first kappa shape index (κ1) is 12.7. The summed E-state index contributed by atoms with van der Waals surface area (Å²) >= 11 is 5.12. The second-order valence-electron chi connectivity index (χ2n) is 4.50. The molecule has 0 aliphatic carbocycles. The molecule has 100 valence electrons. The van der Waals surface area contributed by atoms with Gasteiger partial charge in [0.05, 0.1) is 5.69 Å². The normalized spacial score (nSPS) is 10.8. The molecule has 20 heavy (non-hydrogen) atoms. The lowest BCUT2D eigenvalue weighted by molar-refractivity contribution is 0.627. The van der Waals surface area contributed by atoms with Gasteiger partial charge in [0.15, 0.2) is 0 Å². The zero-order chi connectivity index (χ0) is 14.1. The molecule has 0 aliphatic heterocycles. The van der Waals surface area contributed by atoms with Gasteiger partial charge >= 0.3 is 0 Å². The van der Waals surface area contributed by atoms with E-state index in [0.29, 0.717) is 11.4 Å². The van der Waals surface area contributed by atoms with Crippen molar-refractivity contribution < 1.29 is 4.39 Å². The van der Waals surface area contributed by atoms with Gasteiger partial charge in [0, 0.05) is 12.6 Å². The van der Waals surface area contributed by atoms with Gasteiger partial charge in [-0.05, 0) is 29.8 Å². The van der Waals surface area contributed by atoms with Crippen molar-refractivity contribution in [2.45, 2.75) is 6.42 Å². The molecule has 5 heteroatoms. The van der Waals surface area contributed by atoms with Crippen LogP contribution in [0.25, 0.3) is 5.65 Å². The number of pyridine rings is 1. The minimum Gasteiger partial charge on any atom is -0.388 e. The lowest BCUT2D eigenvalue weighted by Crippen LogP contribution is -2.14. The van der Waals surface area contributed by atoms with Gasteiger partial charge in [-0.25, -0.2) is 9.37 Å². The van der Waals surface area contributed by atoms with Crippen molar-refractivity contribution in [3.05, 3.63) is 71.4 Å². The molecule has 3 rings (SSSR count). The van der Waals surface area contributed by atoms with E-state index in [2.05, 4.69) is 4.98 Å². The Morgan fingerprint density at radius 3 is 2.65 bits per heavy atom. The summed E-state index contributed by atoms with van der Waals surface area (Å²) in [5.41, 5.74) is 9.11. The Kier molecular flexibility index (Phi) is 3.20. The van der Waals surface area contributed by atoms with E-state index < -0.39 is 0 Å². The van der Waals surface area contributed by atoms with Crippen molar-refractivity contribution in [1.82, 2.24) is 9.38 Å². The molecular formula is C15H12FN3S. The zero-order valence-electron chi connectivity index (χ0n) is 10.6. The Morgan fingerprint density at radius 1 is 1.20 bits per heavy atom. The second kappa shape index (κ2) is 5.02. The fourth-order valence-corrected chi connectivity index (χ4v) is 2.44. The molecule has 0 unspecified atom stereocenters. The summed E-state index contributed by atoms with van der Waals surface area (Å²) < 4.78 is 14.8. The third-order valence-corrected chi connectivity index (χ3v) is 3.31. The summed E-state index contributed by atoms with van der Waals surface area (Å²) in [6.07, 6.45) is 2.44. The number of nitrogens with zero attached hydrogens (tertiary/aromatic N) is 2. The number of thiocarbonyl (C=S) groups is 1. The van der Waals surface area contributed by atoms with E-state index in [1.54, 1.807) is 12.1 Å². The van der Waals surface area contributed by atoms with E-state index in [1.165, 1.54) is 12.1 Å². The van der Waals surface area contributed by atoms with E-state index in [-0.39, 0.29) is 5.82 Å². The Hall–Kier alpha value is -2.27. The van der Waals surface area contributed by atoms with Gasteiger partial charge in [-0.1, -0.05) is 30.4 Å². The van der Waals surface area contributed by atoms with E-state index >= 15 is 0 Å². The van der Waals surface area contributed by atoms with Crippen LogP contribution in [0.2, 0.25) is 0 Å². The first-order chi connectivity index (χ1) is 9.65. The van der Waals surface area contributed by atoms with Crippen LogP contribution < -0.4 is 5.73 Å². The number of hydrogen-bond acceptors (Lipinski definition) is 2. The molecule has 0 saturated heterocycles. The van der Waals surface area contributed by atoms with E-state index in [9.17, 15) is 4.39 Å². The molecule has 1 aromatic carbocycles. The Balaban J connectivity index is 2.08. The van der Waals surface area contributed by atoms with Gasteiger partial charge in [-0.2, -0.15) is 0 Å². The molecule has 2 aromatic heterocycles. The van der Waals surface area contributed by atoms with Crippen LogP contribution in [0.5, 0.6) is 0 Å². The van der Waals surface area contributed by atoms with Gasteiger partial charge in [0.1, 0.15) is 22.1 Å². The number of benzene rings is 1. The monoisotopic (exact) mass is 285 g/mol. The van der Waals surface area contributed by atoms with Crippen LogP contribution in [0.3, 0.4) is 0 Å². The highest BCUT2D eigenvalue weighted by Gasteiger charge is 2.14. The molecule has 0 bridgehead atoms. The van der Waals surface area contributed by atoms with Gasteiger partial charge in [-0.3, -0.25) is 4.40 Å². The maximum absolute atomic E-state index is 12.9. The molecule has 2 heterocycles. The van der Waals surface area contributed by atoms with Crippen LogP contribution in [0.1, 0.15) is 17.0 Å². The van der Waals surface area contributed by atoms with Crippen molar-refractivity contribution in [2.75, 3.05) is 0 Å². The first-order valence-corrected chi connectivity index (χ1v) is 6.56. The standard InChI is InChI=1S/C15H12FN3S/c16-11-6-4-10(5-7-11)9-12-14(15(17)20)19-8-2-1-3-13(19)18-12/h1-8H,9H2,(H2,17,20). The van der Waals surface area contributed by atoms with Crippen molar-refractivity contribution in [2.24, 2.45) is 5.73 Å². The lowest BCUT2D eigenvalue weighted by Gasteiger charge is -2.03. The molecule has 3 nitrogen and oxygen atoms in total. The smallest absolute Gasteiger partial charge is 0.137 e. The molecule has 3 aromatic rings. The maximum Gasteiger partial charge on any atom is 0.137 e. The summed E-state index contributed by atoms with van der Waals surface area (Å²) in [7, 11) is 0. The van der Waals surface area contributed by atoms with Crippen LogP contribution >= 0.6 is 12.2 Å². The molecule has 0 radical (unpaired) electrons. The molecule has 0 atom stereocenters. The summed E-state index contributed by atoms with van der Waals surface area (Å²) in [4.78, 5) is 4.86. The molecule has 0 spiro atoms. The predicted molar refractivity (Wildman–Crippen MR) is 80.3 cm³/mol. The van der Waals surface area contributed by atoms with Crippen LogP contribution in [0, 0.1) is 5.82 Å². The average Bonchev–Trinajstić information content (AvgIpc) is 2.79. The summed E-state index contributed by atoms with van der Waals surface area (Å²) in [6.45, 7) is 0. The lowest BCUT2D eigenvalue weighted by atomic mass is 10.1. The Labute approximate surface area is 120 Å². The zero-order valence-corrected chi connectivity index (χ0v) is 11.4. The minimum atomic E-state index is -0.252. The van der Waals surface area contributed by atoms with Crippen molar-refractivity contribution in [3.8, 4) is 0 Å². The highest BCUT2D eigenvalue weighted by Crippen LogP contribution is 2.17. The average molecular weight is 285 g/mol. The largest absolute Gasteiger partial charge is 0.388 e. The Morgan fingerprint density at radius 2 is 1.95 bits per heavy atom. The number of hydrogen-bond donors (Lipinski definition) is 1. The number of fused-ring (bicyclic) bond motifs is 1. The van der Waals surface area contributed by atoms with E-state index in [1.807, 2.05) is 28.8 Å².